The maximum atomic E-state index is 12.9. The van der Waals surface area contributed by atoms with Gasteiger partial charge < -0.3 is 9.47 Å². The molecule has 23 heavy (non-hydrogen) atoms. The van der Waals surface area contributed by atoms with Crippen molar-refractivity contribution in [1.82, 2.24) is 8.61 Å². The zero-order valence-corrected chi connectivity index (χ0v) is 14.5. The van der Waals surface area contributed by atoms with Crippen LogP contribution in [-0.4, -0.2) is 50.9 Å². The van der Waals surface area contributed by atoms with Crippen molar-refractivity contribution >= 4 is 10.2 Å². The van der Waals surface area contributed by atoms with Crippen molar-refractivity contribution in [1.29, 1.82) is 0 Å². The van der Waals surface area contributed by atoms with E-state index < -0.39 is 10.2 Å². The van der Waals surface area contributed by atoms with Gasteiger partial charge in [-0.25, -0.2) is 0 Å². The Kier molecular flexibility index (Phi) is 4.79. The summed E-state index contributed by atoms with van der Waals surface area (Å²) in [6.45, 7) is 1.85. The lowest BCUT2D eigenvalue weighted by Gasteiger charge is -2.29. The second-order valence-corrected chi connectivity index (χ2v) is 7.88. The minimum Gasteiger partial charge on any atom is -0.493 e. The van der Waals surface area contributed by atoms with Gasteiger partial charge in [0.1, 0.15) is 0 Å². The van der Waals surface area contributed by atoms with E-state index in [0.29, 0.717) is 31.1 Å². The van der Waals surface area contributed by atoms with E-state index >= 15 is 0 Å². The number of methoxy groups -OCH3 is 2. The van der Waals surface area contributed by atoms with Gasteiger partial charge in [-0.05, 0) is 43.4 Å². The first-order valence-corrected chi connectivity index (χ1v) is 9.46. The lowest BCUT2D eigenvalue weighted by Crippen LogP contribution is -2.42. The van der Waals surface area contributed by atoms with Crippen LogP contribution in [0.15, 0.2) is 18.2 Å². The maximum absolute atomic E-state index is 12.9. The second kappa shape index (κ2) is 6.67. The van der Waals surface area contributed by atoms with E-state index in [1.165, 1.54) is 0 Å². The van der Waals surface area contributed by atoms with E-state index in [9.17, 15) is 8.42 Å². The van der Waals surface area contributed by atoms with Gasteiger partial charge in [-0.3, -0.25) is 0 Å². The fourth-order valence-electron chi connectivity index (χ4n) is 3.48. The molecular formula is C16H24N2O4S. The van der Waals surface area contributed by atoms with E-state index in [1.807, 2.05) is 18.2 Å². The molecule has 2 heterocycles. The van der Waals surface area contributed by atoms with Crippen LogP contribution in [0.3, 0.4) is 0 Å². The van der Waals surface area contributed by atoms with Crippen LogP contribution in [-0.2, 0) is 10.2 Å². The van der Waals surface area contributed by atoms with Crippen LogP contribution in [0.4, 0.5) is 0 Å². The second-order valence-electron chi connectivity index (χ2n) is 6.00. The van der Waals surface area contributed by atoms with Crippen LogP contribution >= 0.6 is 0 Å². The largest absolute Gasteiger partial charge is 0.493 e. The Morgan fingerprint density at radius 3 is 2.35 bits per heavy atom. The van der Waals surface area contributed by atoms with Gasteiger partial charge >= 0.3 is 0 Å². The van der Waals surface area contributed by atoms with Crippen LogP contribution in [0.5, 0.6) is 11.5 Å². The number of rotatable bonds is 5. The minimum atomic E-state index is -3.38. The molecule has 2 saturated heterocycles. The normalized spacial score (nSPS) is 23.3. The summed E-state index contributed by atoms with van der Waals surface area (Å²) in [5.41, 5.74) is 0.961. The Labute approximate surface area is 138 Å². The molecule has 0 saturated carbocycles. The smallest absolute Gasteiger partial charge is 0.282 e. The highest BCUT2D eigenvalue weighted by molar-refractivity contribution is 7.86. The Morgan fingerprint density at radius 2 is 1.70 bits per heavy atom. The zero-order valence-electron chi connectivity index (χ0n) is 13.7. The van der Waals surface area contributed by atoms with Crippen LogP contribution in [0.1, 0.15) is 37.3 Å². The molecule has 1 aromatic rings. The van der Waals surface area contributed by atoms with Gasteiger partial charge in [-0.15, -0.1) is 0 Å². The predicted molar refractivity (Wildman–Crippen MR) is 88.0 cm³/mol. The first kappa shape index (κ1) is 16.5. The Bertz CT molecular complexity index is 656. The summed E-state index contributed by atoms with van der Waals surface area (Å²) in [7, 11) is -0.190. The summed E-state index contributed by atoms with van der Waals surface area (Å²) < 4.78 is 39.7. The summed E-state index contributed by atoms with van der Waals surface area (Å²) >= 11 is 0. The third kappa shape index (κ3) is 3.05. The molecule has 0 N–H and O–H groups in total. The lowest BCUT2D eigenvalue weighted by atomic mass is 10.0. The van der Waals surface area contributed by atoms with E-state index in [4.69, 9.17) is 9.47 Å². The fourth-order valence-corrected chi connectivity index (χ4v) is 5.40. The van der Waals surface area contributed by atoms with E-state index in [-0.39, 0.29) is 6.04 Å². The number of nitrogens with zero attached hydrogens (tertiary/aromatic N) is 2. The third-order valence-electron chi connectivity index (χ3n) is 4.68. The van der Waals surface area contributed by atoms with Crippen LogP contribution in [0, 0.1) is 0 Å². The van der Waals surface area contributed by atoms with Gasteiger partial charge in [-0.1, -0.05) is 6.07 Å². The quantitative estimate of drug-likeness (QED) is 0.824. The summed E-state index contributed by atoms with van der Waals surface area (Å²) in [4.78, 5) is 0. The average molecular weight is 340 g/mol. The van der Waals surface area contributed by atoms with Crippen molar-refractivity contribution in [3.05, 3.63) is 23.8 Å². The Morgan fingerprint density at radius 1 is 1.00 bits per heavy atom. The summed E-state index contributed by atoms with van der Waals surface area (Å²) in [5.74, 6) is 1.29. The molecule has 1 atom stereocenters. The van der Waals surface area contributed by atoms with E-state index in [2.05, 4.69) is 0 Å². The molecule has 0 amide bonds. The molecule has 0 bridgehead atoms. The summed E-state index contributed by atoms with van der Waals surface area (Å²) in [6, 6.07) is 5.54. The average Bonchev–Trinajstić information content (AvgIpc) is 3.25. The molecule has 128 valence electrons. The molecule has 3 rings (SSSR count). The summed E-state index contributed by atoms with van der Waals surface area (Å²) in [5, 5.41) is 0. The SMILES string of the molecule is COc1ccc(C2CCCN2S(=O)(=O)N2CCCC2)cc1OC. The minimum absolute atomic E-state index is 0.125. The lowest BCUT2D eigenvalue weighted by molar-refractivity contribution is 0.341. The van der Waals surface area contributed by atoms with E-state index in [0.717, 1.165) is 31.2 Å². The third-order valence-corrected chi connectivity index (χ3v) is 6.73. The Hall–Kier alpha value is -1.31. The van der Waals surface area contributed by atoms with Gasteiger partial charge in [0.25, 0.3) is 10.2 Å². The van der Waals surface area contributed by atoms with E-state index in [1.54, 1.807) is 22.8 Å². The molecule has 6 nitrogen and oxygen atoms in total. The summed E-state index contributed by atoms with van der Waals surface area (Å²) in [6.07, 6.45) is 3.62. The van der Waals surface area contributed by atoms with Gasteiger partial charge in [0.15, 0.2) is 11.5 Å². The van der Waals surface area contributed by atoms with Crippen molar-refractivity contribution in [3.63, 3.8) is 0 Å². The standard InChI is InChI=1S/C16H24N2O4S/c1-21-15-8-7-13(12-16(15)22-2)14-6-5-11-18(14)23(19,20)17-9-3-4-10-17/h7-8,12,14H,3-6,9-11H2,1-2H3. The topological polar surface area (TPSA) is 59.1 Å². The molecule has 1 aromatic carbocycles. The van der Waals surface area contributed by atoms with Crippen molar-refractivity contribution in [2.24, 2.45) is 0 Å². The van der Waals surface area contributed by atoms with Crippen LogP contribution < -0.4 is 9.47 Å². The molecule has 2 fully saturated rings. The van der Waals surface area contributed by atoms with Gasteiger partial charge in [-0.2, -0.15) is 17.0 Å². The monoisotopic (exact) mass is 340 g/mol. The van der Waals surface area contributed by atoms with Gasteiger partial charge in [0.05, 0.1) is 20.3 Å². The fraction of sp³-hybridized carbons (Fsp3) is 0.625. The van der Waals surface area contributed by atoms with Gasteiger partial charge in [0, 0.05) is 19.6 Å². The van der Waals surface area contributed by atoms with Crippen LogP contribution in [0.2, 0.25) is 0 Å². The molecule has 2 aliphatic heterocycles. The molecule has 0 aromatic heterocycles. The highest BCUT2D eigenvalue weighted by Crippen LogP contribution is 2.39. The van der Waals surface area contributed by atoms with Crippen molar-refractivity contribution in [3.8, 4) is 11.5 Å². The van der Waals surface area contributed by atoms with Gasteiger partial charge in [0.2, 0.25) is 0 Å². The highest BCUT2D eigenvalue weighted by atomic mass is 32.2. The van der Waals surface area contributed by atoms with Crippen LogP contribution in [0.25, 0.3) is 0 Å². The van der Waals surface area contributed by atoms with Crippen molar-refractivity contribution < 1.29 is 17.9 Å². The Balaban J connectivity index is 1.89. The maximum Gasteiger partial charge on any atom is 0.282 e. The number of ether oxygens (including phenoxy) is 2. The predicted octanol–water partition coefficient (Wildman–Crippen LogP) is 2.18. The molecule has 0 spiro atoms. The molecular weight excluding hydrogens is 316 g/mol. The highest BCUT2D eigenvalue weighted by Gasteiger charge is 2.39. The molecule has 0 aliphatic carbocycles. The molecule has 0 radical (unpaired) electrons. The molecule has 1 unspecified atom stereocenters. The number of benzene rings is 1. The first-order chi connectivity index (χ1) is 11.1. The molecule has 7 heteroatoms. The first-order valence-electron chi connectivity index (χ1n) is 8.07. The van der Waals surface area contributed by atoms with Crippen molar-refractivity contribution in [2.75, 3.05) is 33.9 Å². The zero-order chi connectivity index (χ0) is 16.4. The number of hydrogen-bond acceptors (Lipinski definition) is 4. The molecule has 2 aliphatic rings. The van der Waals surface area contributed by atoms with Crippen molar-refractivity contribution in [2.45, 2.75) is 31.7 Å². The number of hydrogen-bond donors (Lipinski definition) is 0.